The highest BCUT2D eigenvalue weighted by atomic mass is 32.1. The van der Waals surface area contributed by atoms with Crippen LogP contribution < -0.4 is 10.6 Å². The molecule has 22 heavy (non-hydrogen) atoms. The Hall–Kier alpha value is -2.41. The van der Waals surface area contributed by atoms with Crippen LogP contribution in [0.4, 0.5) is 10.8 Å². The number of thiazole rings is 1. The third-order valence-electron chi connectivity index (χ3n) is 3.22. The first kappa shape index (κ1) is 14.5. The van der Waals surface area contributed by atoms with Gasteiger partial charge in [-0.3, -0.25) is 4.79 Å². The molecular formula is C15H15N3O3S. The molecule has 7 heteroatoms. The van der Waals surface area contributed by atoms with Crippen LogP contribution in [0.15, 0.2) is 35.7 Å². The smallest absolute Gasteiger partial charge is 0.329 e. The molecular weight excluding hydrogens is 302 g/mol. The van der Waals surface area contributed by atoms with Gasteiger partial charge < -0.3 is 15.4 Å². The number of hydrogen-bond acceptors (Lipinski definition) is 6. The number of ether oxygens (including phenoxy) is 1. The lowest BCUT2D eigenvalue weighted by Crippen LogP contribution is -2.34. The van der Waals surface area contributed by atoms with Gasteiger partial charge in [-0.15, -0.1) is 11.3 Å². The predicted molar refractivity (Wildman–Crippen MR) is 82.8 cm³/mol. The Morgan fingerprint density at radius 1 is 1.41 bits per heavy atom. The van der Waals surface area contributed by atoms with Crippen LogP contribution in [0.2, 0.25) is 0 Å². The number of carbonyl (C=O) groups excluding carboxylic acids is 2. The summed E-state index contributed by atoms with van der Waals surface area (Å²) in [6.07, 6.45) is 0.872. The van der Waals surface area contributed by atoms with Gasteiger partial charge in [-0.05, 0) is 18.6 Å². The lowest BCUT2D eigenvalue weighted by Gasteiger charge is -2.08. The van der Waals surface area contributed by atoms with Crippen molar-refractivity contribution in [3.63, 3.8) is 0 Å². The molecule has 1 amide bonds. The molecule has 1 aromatic heterocycles. The number of aromatic nitrogens is 1. The van der Waals surface area contributed by atoms with Crippen LogP contribution in [0.1, 0.15) is 18.5 Å². The molecule has 6 nitrogen and oxygen atoms in total. The molecule has 1 aliphatic heterocycles. The number of amides is 1. The number of nitrogens with zero attached hydrogens (tertiary/aromatic N) is 1. The van der Waals surface area contributed by atoms with E-state index in [0.717, 1.165) is 10.8 Å². The topological polar surface area (TPSA) is 80.3 Å². The second-order valence-corrected chi connectivity index (χ2v) is 5.76. The molecule has 0 unspecified atom stereocenters. The fourth-order valence-corrected chi connectivity index (χ4v) is 2.83. The van der Waals surface area contributed by atoms with E-state index in [1.54, 1.807) is 0 Å². The summed E-state index contributed by atoms with van der Waals surface area (Å²) in [6.45, 7) is 0.109. The Kier molecular flexibility index (Phi) is 4.34. The highest BCUT2D eigenvalue weighted by molar-refractivity contribution is 7.13. The van der Waals surface area contributed by atoms with Crippen molar-refractivity contribution in [1.82, 2.24) is 10.3 Å². The Balaban J connectivity index is 1.51. The highest BCUT2D eigenvalue weighted by Crippen LogP contribution is 2.21. The van der Waals surface area contributed by atoms with Gasteiger partial charge in [0.1, 0.15) is 12.6 Å². The quantitative estimate of drug-likeness (QED) is 0.827. The van der Waals surface area contributed by atoms with E-state index in [9.17, 15) is 9.59 Å². The van der Waals surface area contributed by atoms with Crippen molar-refractivity contribution in [3.8, 4) is 0 Å². The second kappa shape index (κ2) is 6.57. The maximum Gasteiger partial charge on any atom is 0.329 e. The van der Waals surface area contributed by atoms with Gasteiger partial charge in [0.25, 0.3) is 0 Å². The Labute approximate surface area is 131 Å². The fraction of sp³-hybridized carbons (Fsp3) is 0.267. The standard InChI is InChI=1S/C15H15N3O3S/c19-13-7-6-12(18-13)14(20)21-8-11-9-22-15(17-11)16-10-4-2-1-3-5-10/h1-5,9,12H,6-8H2,(H,16,17)(H,18,19)/t12-/m0/s1. The number of carbonyl (C=O) groups is 2. The lowest BCUT2D eigenvalue weighted by atomic mass is 10.2. The molecule has 3 rings (SSSR count). The summed E-state index contributed by atoms with van der Waals surface area (Å²) in [6, 6.07) is 9.20. The maximum atomic E-state index is 11.8. The summed E-state index contributed by atoms with van der Waals surface area (Å²) in [5, 5.41) is 8.35. The van der Waals surface area contributed by atoms with E-state index in [1.807, 2.05) is 35.7 Å². The summed E-state index contributed by atoms with van der Waals surface area (Å²) in [7, 11) is 0. The first-order valence-electron chi connectivity index (χ1n) is 6.93. The van der Waals surface area contributed by atoms with Crippen molar-refractivity contribution in [2.24, 2.45) is 0 Å². The van der Waals surface area contributed by atoms with Crippen LogP contribution in [0.5, 0.6) is 0 Å². The summed E-state index contributed by atoms with van der Waals surface area (Å²) in [4.78, 5) is 27.2. The van der Waals surface area contributed by atoms with Crippen LogP contribution in [0.25, 0.3) is 0 Å². The molecule has 0 bridgehead atoms. The minimum atomic E-state index is -0.520. The van der Waals surface area contributed by atoms with Crippen LogP contribution >= 0.6 is 11.3 Å². The first-order valence-corrected chi connectivity index (χ1v) is 7.81. The number of benzene rings is 1. The molecule has 1 saturated heterocycles. The zero-order valence-corrected chi connectivity index (χ0v) is 12.6. The van der Waals surface area contributed by atoms with Crippen LogP contribution in [0.3, 0.4) is 0 Å². The van der Waals surface area contributed by atoms with Crippen molar-refractivity contribution in [2.45, 2.75) is 25.5 Å². The molecule has 2 N–H and O–H groups in total. The van der Waals surface area contributed by atoms with Gasteiger partial charge >= 0.3 is 5.97 Å². The van der Waals surface area contributed by atoms with Gasteiger partial charge in [-0.1, -0.05) is 18.2 Å². The SMILES string of the molecule is O=C1CC[C@@H](C(=O)OCc2csc(Nc3ccccc3)n2)N1. The number of hydrogen-bond donors (Lipinski definition) is 2. The molecule has 0 aliphatic carbocycles. The van der Waals surface area contributed by atoms with Gasteiger partial charge in [-0.2, -0.15) is 0 Å². The van der Waals surface area contributed by atoms with Gasteiger partial charge in [0, 0.05) is 17.5 Å². The zero-order valence-electron chi connectivity index (χ0n) is 11.7. The number of esters is 1. The Bertz CT molecular complexity index is 672. The van der Waals surface area contributed by atoms with E-state index in [4.69, 9.17) is 4.74 Å². The van der Waals surface area contributed by atoms with E-state index < -0.39 is 12.0 Å². The maximum absolute atomic E-state index is 11.8. The van der Waals surface area contributed by atoms with Gasteiger partial charge in [-0.25, -0.2) is 9.78 Å². The van der Waals surface area contributed by atoms with Crippen molar-refractivity contribution < 1.29 is 14.3 Å². The largest absolute Gasteiger partial charge is 0.458 e. The molecule has 114 valence electrons. The normalized spacial score (nSPS) is 17.1. The molecule has 1 aromatic carbocycles. The Morgan fingerprint density at radius 3 is 2.95 bits per heavy atom. The molecule has 0 saturated carbocycles. The van der Waals surface area contributed by atoms with E-state index in [-0.39, 0.29) is 12.5 Å². The summed E-state index contributed by atoms with van der Waals surface area (Å²) in [5.41, 5.74) is 1.63. The van der Waals surface area contributed by atoms with E-state index in [2.05, 4.69) is 15.6 Å². The minimum absolute atomic E-state index is 0.107. The molecule has 2 heterocycles. The van der Waals surface area contributed by atoms with E-state index in [0.29, 0.717) is 18.5 Å². The Morgan fingerprint density at radius 2 is 2.23 bits per heavy atom. The van der Waals surface area contributed by atoms with Crippen LogP contribution in [-0.4, -0.2) is 22.9 Å². The summed E-state index contributed by atoms with van der Waals surface area (Å²) >= 11 is 1.45. The third kappa shape index (κ3) is 3.62. The number of nitrogens with one attached hydrogen (secondary N) is 2. The van der Waals surface area contributed by atoms with Crippen molar-refractivity contribution in [3.05, 3.63) is 41.4 Å². The zero-order chi connectivity index (χ0) is 15.4. The average Bonchev–Trinajstić information content (AvgIpc) is 3.15. The highest BCUT2D eigenvalue weighted by Gasteiger charge is 2.28. The van der Waals surface area contributed by atoms with Crippen LogP contribution in [-0.2, 0) is 20.9 Å². The van der Waals surface area contributed by atoms with Crippen molar-refractivity contribution in [2.75, 3.05) is 5.32 Å². The lowest BCUT2D eigenvalue weighted by molar-refractivity contribution is -0.147. The van der Waals surface area contributed by atoms with Gasteiger partial charge in [0.2, 0.25) is 5.91 Å². The predicted octanol–water partition coefficient (Wildman–Crippen LogP) is 2.21. The van der Waals surface area contributed by atoms with Gasteiger partial charge in [0.15, 0.2) is 5.13 Å². The number of anilines is 2. The fourth-order valence-electron chi connectivity index (χ4n) is 2.11. The number of para-hydroxylation sites is 1. The van der Waals surface area contributed by atoms with Crippen molar-refractivity contribution in [1.29, 1.82) is 0 Å². The molecule has 1 fully saturated rings. The van der Waals surface area contributed by atoms with Gasteiger partial charge in [0.05, 0.1) is 5.69 Å². The van der Waals surface area contributed by atoms with E-state index >= 15 is 0 Å². The molecule has 2 aromatic rings. The first-order chi connectivity index (χ1) is 10.7. The summed E-state index contributed by atoms with van der Waals surface area (Å²) in [5.74, 6) is -0.513. The monoisotopic (exact) mass is 317 g/mol. The second-order valence-electron chi connectivity index (χ2n) is 4.90. The third-order valence-corrected chi connectivity index (χ3v) is 4.03. The van der Waals surface area contributed by atoms with E-state index in [1.165, 1.54) is 11.3 Å². The van der Waals surface area contributed by atoms with Crippen LogP contribution in [0, 0.1) is 0 Å². The van der Waals surface area contributed by atoms with Crippen molar-refractivity contribution >= 4 is 34.0 Å². The molecule has 0 spiro atoms. The molecule has 1 aliphatic rings. The molecule has 1 atom stereocenters. The summed E-state index contributed by atoms with van der Waals surface area (Å²) < 4.78 is 5.19. The molecule has 0 radical (unpaired) electrons. The number of rotatable bonds is 5. The average molecular weight is 317 g/mol. The minimum Gasteiger partial charge on any atom is -0.458 e.